The molecule has 27 heavy (non-hydrogen) atoms. The minimum Gasteiger partial charge on any atom is -0.419 e. The SMILES string of the molecule is CC(C)N(Cc1nnc(-c2ccccc2)o1)S(=O)(=O)c1cc(Cl)cc(Cl)c1. The molecule has 0 aliphatic heterocycles. The molecule has 0 aliphatic carbocycles. The van der Waals surface area contributed by atoms with E-state index in [0.717, 1.165) is 5.56 Å². The Labute approximate surface area is 167 Å². The number of hydrogen-bond donors (Lipinski definition) is 0. The first-order chi connectivity index (χ1) is 12.8. The maximum atomic E-state index is 13.1. The number of hydrogen-bond acceptors (Lipinski definition) is 5. The second kappa shape index (κ2) is 7.98. The standard InChI is InChI=1S/C18H17Cl2N3O3S/c1-12(2)23(27(24,25)16-9-14(19)8-15(20)10-16)11-17-21-22-18(26-17)13-6-4-3-5-7-13/h3-10,12H,11H2,1-2H3. The molecule has 0 fully saturated rings. The van der Waals surface area contributed by atoms with Crippen LogP contribution in [-0.2, 0) is 16.6 Å². The van der Waals surface area contributed by atoms with E-state index in [2.05, 4.69) is 10.2 Å². The predicted octanol–water partition coefficient (Wildman–Crippen LogP) is 4.64. The van der Waals surface area contributed by atoms with Gasteiger partial charge in [-0.2, -0.15) is 4.31 Å². The molecule has 0 radical (unpaired) electrons. The van der Waals surface area contributed by atoms with E-state index in [4.69, 9.17) is 27.6 Å². The van der Waals surface area contributed by atoms with Gasteiger partial charge >= 0.3 is 0 Å². The Morgan fingerprint density at radius 2 is 1.67 bits per heavy atom. The fraction of sp³-hybridized carbons (Fsp3) is 0.222. The van der Waals surface area contributed by atoms with Gasteiger partial charge in [-0.3, -0.25) is 0 Å². The van der Waals surface area contributed by atoms with Gasteiger partial charge in [0.1, 0.15) is 0 Å². The Kier molecular flexibility index (Phi) is 5.86. The maximum absolute atomic E-state index is 13.1. The summed E-state index contributed by atoms with van der Waals surface area (Å²) in [7, 11) is -3.86. The van der Waals surface area contributed by atoms with E-state index in [1.807, 2.05) is 30.3 Å². The van der Waals surface area contributed by atoms with Crippen LogP contribution in [0.25, 0.3) is 11.5 Å². The van der Waals surface area contributed by atoms with Crippen molar-refractivity contribution in [2.24, 2.45) is 0 Å². The Balaban J connectivity index is 1.91. The minimum atomic E-state index is -3.86. The van der Waals surface area contributed by atoms with E-state index < -0.39 is 10.0 Å². The van der Waals surface area contributed by atoms with Crippen LogP contribution >= 0.6 is 23.2 Å². The third-order valence-corrected chi connectivity index (χ3v) is 6.23. The van der Waals surface area contributed by atoms with Gasteiger partial charge in [-0.25, -0.2) is 8.42 Å². The highest BCUT2D eigenvalue weighted by atomic mass is 35.5. The largest absolute Gasteiger partial charge is 0.419 e. The van der Waals surface area contributed by atoms with E-state index in [1.165, 1.54) is 22.5 Å². The van der Waals surface area contributed by atoms with Gasteiger partial charge in [0.05, 0.1) is 11.4 Å². The highest BCUT2D eigenvalue weighted by molar-refractivity contribution is 7.89. The quantitative estimate of drug-likeness (QED) is 0.574. The molecule has 0 saturated carbocycles. The molecule has 0 aliphatic rings. The molecule has 0 atom stereocenters. The monoisotopic (exact) mass is 425 g/mol. The van der Waals surface area contributed by atoms with Crippen LogP contribution in [-0.4, -0.2) is 29.0 Å². The Bertz CT molecular complexity index is 1020. The van der Waals surface area contributed by atoms with Gasteiger partial charge in [-0.05, 0) is 44.2 Å². The van der Waals surface area contributed by atoms with Crippen LogP contribution in [0.3, 0.4) is 0 Å². The van der Waals surface area contributed by atoms with Gasteiger partial charge in [0.25, 0.3) is 0 Å². The van der Waals surface area contributed by atoms with Crippen molar-refractivity contribution < 1.29 is 12.8 Å². The first-order valence-electron chi connectivity index (χ1n) is 8.13. The van der Waals surface area contributed by atoms with E-state index in [0.29, 0.717) is 5.89 Å². The zero-order valence-corrected chi connectivity index (χ0v) is 17.0. The van der Waals surface area contributed by atoms with Gasteiger partial charge in [0, 0.05) is 21.7 Å². The van der Waals surface area contributed by atoms with Crippen molar-refractivity contribution in [3.8, 4) is 11.5 Å². The summed E-state index contributed by atoms with van der Waals surface area (Å²) in [5.41, 5.74) is 0.761. The van der Waals surface area contributed by atoms with Crippen LogP contribution in [0.15, 0.2) is 57.8 Å². The second-order valence-corrected chi connectivity index (χ2v) is 8.88. The molecule has 1 aromatic heterocycles. The molecule has 0 N–H and O–H groups in total. The van der Waals surface area contributed by atoms with E-state index in [1.54, 1.807) is 13.8 Å². The van der Waals surface area contributed by atoms with Gasteiger partial charge in [0.2, 0.25) is 21.8 Å². The van der Waals surface area contributed by atoms with E-state index in [9.17, 15) is 8.42 Å². The lowest BCUT2D eigenvalue weighted by atomic mass is 10.2. The van der Waals surface area contributed by atoms with Crippen LogP contribution in [0.4, 0.5) is 0 Å². The van der Waals surface area contributed by atoms with Crippen LogP contribution in [0, 0.1) is 0 Å². The first kappa shape index (κ1) is 19.8. The highest BCUT2D eigenvalue weighted by Crippen LogP contribution is 2.27. The molecule has 0 saturated heterocycles. The fourth-order valence-corrected chi connectivity index (χ4v) is 4.82. The summed E-state index contributed by atoms with van der Waals surface area (Å²) in [4.78, 5) is 0.0106. The van der Waals surface area contributed by atoms with Crippen molar-refractivity contribution in [2.45, 2.75) is 31.3 Å². The number of aromatic nitrogens is 2. The molecular weight excluding hydrogens is 409 g/mol. The van der Waals surface area contributed by atoms with Crippen molar-refractivity contribution in [3.05, 3.63) is 64.5 Å². The lowest BCUT2D eigenvalue weighted by Crippen LogP contribution is -2.36. The third-order valence-electron chi connectivity index (χ3n) is 3.80. The Morgan fingerprint density at radius 3 is 2.26 bits per heavy atom. The molecule has 1 heterocycles. The molecule has 142 valence electrons. The van der Waals surface area contributed by atoms with Crippen molar-refractivity contribution in [2.75, 3.05) is 0 Å². The zero-order chi connectivity index (χ0) is 19.6. The van der Waals surface area contributed by atoms with Crippen LogP contribution in [0.2, 0.25) is 10.0 Å². The molecule has 2 aromatic carbocycles. The zero-order valence-electron chi connectivity index (χ0n) is 14.6. The van der Waals surface area contributed by atoms with E-state index >= 15 is 0 Å². The maximum Gasteiger partial charge on any atom is 0.247 e. The summed E-state index contributed by atoms with van der Waals surface area (Å²) in [5, 5.41) is 8.47. The summed E-state index contributed by atoms with van der Waals surface area (Å²) in [6.07, 6.45) is 0. The number of sulfonamides is 1. The van der Waals surface area contributed by atoms with Gasteiger partial charge < -0.3 is 4.42 Å². The van der Waals surface area contributed by atoms with Crippen LogP contribution < -0.4 is 0 Å². The molecule has 0 unspecified atom stereocenters. The molecule has 3 rings (SSSR count). The van der Waals surface area contributed by atoms with Gasteiger partial charge in [-0.15, -0.1) is 10.2 Å². The van der Waals surface area contributed by atoms with Crippen LogP contribution in [0.1, 0.15) is 19.7 Å². The number of halogens is 2. The summed E-state index contributed by atoms with van der Waals surface area (Å²) in [6, 6.07) is 13.1. The molecular formula is C18H17Cl2N3O3S. The van der Waals surface area contributed by atoms with Crippen molar-refractivity contribution in [1.29, 1.82) is 0 Å². The summed E-state index contributed by atoms with van der Waals surface area (Å²) in [5.74, 6) is 0.525. The smallest absolute Gasteiger partial charge is 0.247 e. The predicted molar refractivity (Wildman–Crippen MR) is 104 cm³/mol. The summed E-state index contributed by atoms with van der Waals surface area (Å²) in [6.45, 7) is 3.46. The van der Waals surface area contributed by atoms with E-state index in [-0.39, 0.29) is 33.4 Å². The fourth-order valence-electron chi connectivity index (χ4n) is 2.51. The molecule has 0 spiro atoms. The molecule has 6 nitrogen and oxygen atoms in total. The normalized spacial score (nSPS) is 12.1. The van der Waals surface area contributed by atoms with Gasteiger partial charge in [0.15, 0.2) is 0 Å². The lowest BCUT2D eigenvalue weighted by Gasteiger charge is -2.24. The third kappa shape index (κ3) is 4.50. The molecule has 9 heteroatoms. The number of rotatable bonds is 6. The highest BCUT2D eigenvalue weighted by Gasteiger charge is 2.29. The number of nitrogens with zero attached hydrogens (tertiary/aromatic N) is 3. The first-order valence-corrected chi connectivity index (χ1v) is 10.3. The average Bonchev–Trinajstić information content (AvgIpc) is 3.08. The lowest BCUT2D eigenvalue weighted by molar-refractivity contribution is 0.313. The summed E-state index contributed by atoms with van der Waals surface area (Å²) < 4.78 is 33.1. The van der Waals surface area contributed by atoms with Crippen molar-refractivity contribution in [3.63, 3.8) is 0 Å². The molecule has 0 bridgehead atoms. The molecule has 3 aromatic rings. The van der Waals surface area contributed by atoms with Gasteiger partial charge in [-0.1, -0.05) is 41.4 Å². The minimum absolute atomic E-state index is 0.0106. The average molecular weight is 426 g/mol. The second-order valence-electron chi connectivity index (χ2n) is 6.12. The topological polar surface area (TPSA) is 76.3 Å². The molecule has 0 amide bonds. The van der Waals surface area contributed by atoms with Crippen molar-refractivity contribution >= 4 is 33.2 Å². The Morgan fingerprint density at radius 1 is 1.04 bits per heavy atom. The summed E-state index contributed by atoms with van der Waals surface area (Å²) >= 11 is 11.9. The number of benzene rings is 2. The van der Waals surface area contributed by atoms with Crippen LogP contribution in [0.5, 0.6) is 0 Å². The van der Waals surface area contributed by atoms with Crippen molar-refractivity contribution in [1.82, 2.24) is 14.5 Å². The Hall–Kier alpha value is -1.93.